The van der Waals surface area contributed by atoms with E-state index in [9.17, 15) is 19.2 Å². The van der Waals surface area contributed by atoms with Gasteiger partial charge in [0.15, 0.2) is 0 Å². The highest BCUT2D eigenvalue weighted by molar-refractivity contribution is 6.07. The van der Waals surface area contributed by atoms with Crippen molar-refractivity contribution in [2.45, 2.75) is 69.7 Å². The van der Waals surface area contributed by atoms with Crippen LogP contribution in [0, 0.1) is 0 Å². The summed E-state index contributed by atoms with van der Waals surface area (Å²) >= 11 is 0. The largest absolute Gasteiger partial charge is 0.356 e. The molecule has 8 nitrogen and oxygen atoms in total. The Morgan fingerprint density at radius 2 is 1.63 bits per heavy atom. The molecule has 2 N–H and O–H groups in total. The van der Waals surface area contributed by atoms with E-state index < -0.39 is 11.6 Å². The van der Waals surface area contributed by atoms with Crippen LogP contribution in [0.1, 0.15) is 64.2 Å². The van der Waals surface area contributed by atoms with Crippen molar-refractivity contribution in [2.75, 3.05) is 26.2 Å². The van der Waals surface area contributed by atoms with Crippen molar-refractivity contribution in [3.05, 3.63) is 0 Å². The van der Waals surface area contributed by atoms with E-state index >= 15 is 0 Å². The molecule has 27 heavy (non-hydrogen) atoms. The van der Waals surface area contributed by atoms with Crippen LogP contribution in [0.3, 0.4) is 0 Å². The molecule has 150 valence electrons. The normalized spacial score (nSPS) is 22.1. The first kappa shape index (κ1) is 19.6. The standard InChI is InChI=1S/C19H30N4O4/c24-15(20-11-7-16(25)22-12-5-2-6-13-22)8-14-23-17(26)19(21-18(23)27)9-3-1-4-10-19/h1-14H2,(H,20,24)(H,21,27). The van der Waals surface area contributed by atoms with E-state index in [0.29, 0.717) is 12.8 Å². The summed E-state index contributed by atoms with van der Waals surface area (Å²) in [5.41, 5.74) is -0.743. The third kappa shape index (κ3) is 4.59. The van der Waals surface area contributed by atoms with E-state index in [1.165, 1.54) is 11.3 Å². The van der Waals surface area contributed by atoms with Crippen molar-refractivity contribution in [3.63, 3.8) is 0 Å². The molecule has 3 aliphatic rings. The highest BCUT2D eigenvalue weighted by atomic mass is 16.2. The minimum Gasteiger partial charge on any atom is -0.356 e. The van der Waals surface area contributed by atoms with Crippen LogP contribution < -0.4 is 10.6 Å². The monoisotopic (exact) mass is 378 g/mol. The molecule has 5 amide bonds. The van der Waals surface area contributed by atoms with Crippen molar-refractivity contribution < 1.29 is 19.2 Å². The zero-order valence-electron chi connectivity index (χ0n) is 15.9. The van der Waals surface area contributed by atoms with Crippen LogP contribution in [0.2, 0.25) is 0 Å². The molecule has 0 bridgehead atoms. The number of carbonyl (C=O) groups excluding carboxylic acids is 4. The summed E-state index contributed by atoms with van der Waals surface area (Å²) in [6, 6.07) is -0.394. The molecule has 3 fully saturated rings. The number of hydrogen-bond donors (Lipinski definition) is 2. The number of amides is 5. The number of rotatable bonds is 6. The smallest absolute Gasteiger partial charge is 0.325 e. The minimum absolute atomic E-state index is 0.0626. The maximum Gasteiger partial charge on any atom is 0.325 e. The molecule has 0 aromatic carbocycles. The predicted octanol–water partition coefficient (Wildman–Crippen LogP) is 1.15. The quantitative estimate of drug-likeness (QED) is 0.677. The summed E-state index contributed by atoms with van der Waals surface area (Å²) in [6.07, 6.45) is 7.94. The number of piperidine rings is 1. The Balaban J connectivity index is 1.38. The lowest BCUT2D eigenvalue weighted by Crippen LogP contribution is -2.48. The molecule has 3 rings (SSSR count). The van der Waals surface area contributed by atoms with E-state index in [1.807, 2.05) is 4.90 Å². The van der Waals surface area contributed by atoms with Gasteiger partial charge in [-0.25, -0.2) is 4.79 Å². The summed E-state index contributed by atoms with van der Waals surface area (Å²) < 4.78 is 0. The van der Waals surface area contributed by atoms with Gasteiger partial charge in [-0.15, -0.1) is 0 Å². The van der Waals surface area contributed by atoms with Gasteiger partial charge in [0.1, 0.15) is 5.54 Å². The molecule has 2 heterocycles. The second kappa shape index (κ2) is 8.71. The average molecular weight is 378 g/mol. The Labute approximate surface area is 160 Å². The molecule has 1 saturated carbocycles. The number of nitrogens with zero attached hydrogens (tertiary/aromatic N) is 2. The Kier molecular flexibility index (Phi) is 6.34. The Bertz CT molecular complexity index is 595. The van der Waals surface area contributed by atoms with E-state index in [1.54, 1.807) is 0 Å². The third-order valence-corrected chi connectivity index (χ3v) is 5.89. The fourth-order valence-corrected chi connectivity index (χ4v) is 4.29. The first-order valence-corrected chi connectivity index (χ1v) is 10.2. The minimum atomic E-state index is -0.743. The summed E-state index contributed by atoms with van der Waals surface area (Å²) in [6.45, 7) is 1.98. The second-order valence-corrected chi connectivity index (χ2v) is 7.82. The first-order chi connectivity index (χ1) is 13.0. The molecule has 0 aromatic heterocycles. The molecule has 0 atom stereocenters. The molecule has 1 spiro atoms. The summed E-state index contributed by atoms with van der Waals surface area (Å²) in [4.78, 5) is 51.9. The van der Waals surface area contributed by atoms with Gasteiger partial charge in [0.25, 0.3) is 5.91 Å². The van der Waals surface area contributed by atoms with E-state index in [2.05, 4.69) is 10.6 Å². The van der Waals surface area contributed by atoms with Crippen LogP contribution in [0.4, 0.5) is 4.79 Å². The van der Waals surface area contributed by atoms with Crippen molar-refractivity contribution in [1.29, 1.82) is 0 Å². The lowest BCUT2D eigenvalue weighted by Gasteiger charge is -2.30. The van der Waals surface area contributed by atoms with Crippen LogP contribution in [0.25, 0.3) is 0 Å². The predicted molar refractivity (Wildman–Crippen MR) is 98.7 cm³/mol. The molecule has 0 radical (unpaired) electrons. The van der Waals surface area contributed by atoms with Crippen molar-refractivity contribution >= 4 is 23.8 Å². The average Bonchev–Trinajstić information content (AvgIpc) is 2.90. The van der Waals surface area contributed by atoms with Gasteiger partial charge in [0.2, 0.25) is 11.8 Å². The van der Waals surface area contributed by atoms with Crippen LogP contribution in [0.5, 0.6) is 0 Å². The second-order valence-electron chi connectivity index (χ2n) is 7.82. The lowest BCUT2D eigenvalue weighted by molar-refractivity contribution is -0.133. The maximum absolute atomic E-state index is 12.6. The van der Waals surface area contributed by atoms with Crippen LogP contribution in [-0.4, -0.2) is 65.3 Å². The summed E-state index contributed by atoms with van der Waals surface area (Å²) in [5, 5.41) is 5.56. The number of nitrogens with one attached hydrogen (secondary N) is 2. The zero-order chi connectivity index (χ0) is 19.3. The highest BCUT2D eigenvalue weighted by Crippen LogP contribution is 2.33. The molecular weight excluding hydrogens is 348 g/mol. The van der Waals surface area contributed by atoms with Gasteiger partial charge in [-0.1, -0.05) is 19.3 Å². The van der Waals surface area contributed by atoms with Gasteiger partial charge in [-0.2, -0.15) is 0 Å². The zero-order valence-corrected chi connectivity index (χ0v) is 15.9. The molecule has 2 saturated heterocycles. The summed E-state index contributed by atoms with van der Waals surface area (Å²) in [5.74, 6) is -0.366. The Morgan fingerprint density at radius 1 is 0.963 bits per heavy atom. The molecule has 0 aromatic rings. The van der Waals surface area contributed by atoms with Gasteiger partial charge in [-0.05, 0) is 32.1 Å². The number of likely N-dealkylation sites (tertiary alicyclic amines) is 1. The van der Waals surface area contributed by atoms with Gasteiger partial charge in [0, 0.05) is 39.0 Å². The Morgan fingerprint density at radius 3 is 2.33 bits per heavy atom. The number of carbonyl (C=O) groups is 4. The maximum atomic E-state index is 12.6. The first-order valence-electron chi connectivity index (χ1n) is 10.2. The molecule has 0 unspecified atom stereocenters. The van der Waals surface area contributed by atoms with Gasteiger partial charge in [0.05, 0.1) is 0 Å². The highest BCUT2D eigenvalue weighted by Gasteiger charge is 2.51. The van der Waals surface area contributed by atoms with Crippen LogP contribution in [-0.2, 0) is 14.4 Å². The van der Waals surface area contributed by atoms with Crippen LogP contribution in [0.15, 0.2) is 0 Å². The fourth-order valence-electron chi connectivity index (χ4n) is 4.29. The Hall–Kier alpha value is -2.12. The van der Waals surface area contributed by atoms with Crippen LogP contribution >= 0.6 is 0 Å². The molecule has 2 aliphatic heterocycles. The van der Waals surface area contributed by atoms with Gasteiger partial charge >= 0.3 is 6.03 Å². The van der Waals surface area contributed by atoms with Crippen molar-refractivity contribution in [1.82, 2.24) is 20.4 Å². The van der Waals surface area contributed by atoms with E-state index in [-0.39, 0.29) is 43.7 Å². The number of hydrogen-bond acceptors (Lipinski definition) is 4. The number of urea groups is 1. The van der Waals surface area contributed by atoms with Gasteiger partial charge in [-0.3, -0.25) is 19.3 Å². The lowest BCUT2D eigenvalue weighted by atomic mass is 9.82. The number of imide groups is 1. The van der Waals surface area contributed by atoms with Crippen molar-refractivity contribution in [3.8, 4) is 0 Å². The molecule has 1 aliphatic carbocycles. The summed E-state index contributed by atoms with van der Waals surface area (Å²) in [7, 11) is 0. The van der Waals surface area contributed by atoms with Crippen molar-refractivity contribution in [2.24, 2.45) is 0 Å². The fraction of sp³-hybridized carbons (Fsp3) is 0.789. The van der Waals surface area contributed by atoms with E-state index in [0.717, 1.165) is 45.2 Å². The molecule has 8 heteroatoms. The van der Waals surface area contributed by atoms with E-state index in [4.69, 9.17) is 0 Å². The van der Waals surface area contributed by atoms with Gasteiger partial charge < -0.3 is 15.5 Å². The molecular formula is C19H30N4O4. The SMILES string of the molecule is O=C(CCN1C(=O)NC2(CCCCC2)C1=O)NCCC(=O)N1CCCCC1. The topological polar surface area (TPSA) is 98.8 Å². The third-order valence-electron chi connectivity index (χ3n) is 5.89.